The van der Waals surface area contributed by atoms with E-state index in [2.05, 4.69) is 10.3 Å². The number of nitrogens with one attached hydrogen (secondary N) is 1. The van der Waals surface area contributed by atoms with Crippen LogP contribution in [0.25, 0.3) is 5.69 Å². The van der Waals surface area contributed by atoms with Crippen molar-refractivity contribution in [1.82, 2.24) is 13.9 Å². The van der Waals surface area contributed by atoms with Gasteiger partial charge in [0, 0.05) is 47.8 Å². The van der Waals surface area contributed by atoms with E-state index in [0.29, 0.717) is 36.6 Å². The molecule has 0 atom stereocenters. The highest BCUT2D eigenvalue weighted by atomic mass is 35.5. The molecular formula is C21H21ClN4O3S. The van der Waals surface area contributed by atoms with Gasteiger partial charge < -0.3 is 9.88 Å². The Labute approximate surface area is 180 Å². The monoisotopic (exact) mass is 444 g/mol. The van der Waals surface area contributed by atoms with Crippen LogP contribution in [0.5, 0.6) is 0 Å². The highest BCUT2D eigenvalue weighted by Crippen LogP contribution is 2.26. The zero-order valence-corrected chi connectivity index (χ0v) is 17.7. The molecule has 0 radical (unpaired) electrons. The maximum absolute atomic E-state index is 12.8. The van der Waals surface area contributed by atoms with E-state index < -0.39 is 10.0 Å². The zero-order chi connectivity index (χ0) is 21.1. The lowest BCUT2D eigenvalue weighted by molar-refractivity contribution is -0.120. The van der Waals surface area contributed by atoms with E-state index in [9.17, 15) is 13.2 Å². The minimum atomic E-state index is -3.58. The van der Waals surface area contributed by atoms with Crippen molar-refractivity contribution in [2.75, 3.05) is 18.4 Å². The van der Waals surface area contributed by atoms with Gasteiger partial charge in [-0.2, -0.15) is 4.31 Å². The summed E-state index contributed by atoms with van der Waals surface area (Å²) in [6, 6.07) is 13.6. The van der Waals surface area contributed by atoms with Crippen LogP contribution in [0, 0.1) is 5.92 Å². The molecule has 30 heavy (non-hydrogen) atoms. The lowest BCUT2D eigenvalue weighted by Gasteiger charge is -2.30. The van der Waals surface area contributed by atoms with Crippen LogP contribution in [0.4, 0.5) is 5.69 Å². The van der Waals surface area contributed by atoms with Crippen LogP contribution in [-0.4, -0.2) is 41.3 Å². The molecule has 7 nitrogen and oxygen atoms in total. The number of carbonyl (C=O) groups excluding carboxylic acids is 1. The SMILES string of the molecule is O=C(Nc1ccc(-n2ccnc2)cc1)C1CCN(S(=O)(=O)c2ccc(Cl)cc2)CC1. The molecule has 2 heterocycles. The van der Waals surface area contributed by atoms with Crippen molar-refractivity contribution in [3.05, 3.63) is 72.3 Å². The van der Waals surface area contributed by atoms with E-state index in [-0.39, 0.29) is 16.7 Å². The molecule has 0 saturated carbocycles. The first-order valence-corrected chi connectivity index (χ1v) is 11.4. The molecule has 0 bridgehead atoms. The Hall–Kier alpha value is -2.68. The number of imidazole rings is 1. The summed E-state index contributed by atoms with van der Waals surface area (Å²) in [6.45, 7) is 0.616. The fourth-order valence-corrected chi connectivity index (χ4v) is 5.08. The predicted molar refractivity (Wildman–Crippen MR) is 115 cm³/mol. The molecule has 1 aliphatic heterocycles. The lowest BCUT2D eigenvalue weighted by atomic mass is 9.97. The number of nitrogens with zero attached hydrogens (tertiary/aromatic N) is 3. The summed E-state index contributed by atoms with van der Waals surface area (Å²) in [5, 5.41) is 3.42. The molecule has 4 rings (SSSR count). The number of benzene rings is 2. The number of hydrogen-bond acceptors (Lipinski definition) is 4. The van der Waals surface area contributed by atoms with Gasteiger partial charge in [-0.05, 0) is 61.4 Å². The number of anilines is 1. The van der Waals surface area contributed by atoms with Gasteiger partial charge in [-0.3, -0.25) is 4.79 Å². The van der Waals surface area contributed by atoms with E-state index >= 15 is 0 Å². The average Bonchev–Trinajstić information content (AvgIpc) is 3.30. The Morgan fingerprint density at radius 2 is 1.70 bits per heavy atom. The summed E-state index contributed by atoms with van der Waals surface area (Å²) in [4.78, 5) is 16.9. The van der Waals surface area contributed by atoms with Crippen molar-refractivity contribution in [1.29, 1.82) is 0 Å². The third-order valence-electron chi connectivity index (χ3n) is 5.21. The van der Waals surface area contributed by atoms with Crippen LogP contribution in [0.3, 0.4) is 0 Å². The second-order valence-corrected chi connectivity index (χ2v) is 9.51. The van der Waals surface area contributed by atoms with Crippen molar-refractivity contribution in [2.24, 2.45) is 5.92 Å². The van der Waals surface area contributed by atoms with Crippen LogP contribution < -0.4 is 5.32 Å². The largest absolute Gasteiger partial charge is 0.326 e. The summed E-state index contributed by atoms with van der Waals surface area (Å²) in [7, 11) is -3.58. The van der Waals surface area contributed by atoms with Crippen molar-refractivity contribution in [2.45, 2.75) is 17.7 Å². The Kier molecular flexibility index (Phi) is 5.90. The standard InChI is InChI=1S/C21H21ClN4O3S/c22-17-1-7-20(8-2-17)30(28,29)26-12-9-16(10-13-26)21(27)24-18-3-5-19(6-4-18)25-14-11-23-15-25/h1-8,11,14-16H,9-10,12-13H2,(H,24,27). The molecule has 0 spiro atoms. The summed E-state index contributed by atoms with van der Waals surface area (Å²) in [5.74, 6) is -0.316. The molecular weight excluding hydrogens is 424 g/mol. The molecule has 1 N–H and O–H groups in total. The summed E-state index contributed by atoms with van der Waals surface area (Å²) < 4.78 is 28.9. The maximum Gasteiger partial charge on any atom is 0.243 e. The Balaban J connectivity index is 1.34. The molecule has 1 fully saturated rings. The number of aromatic nitrogens is 2. The first-order chi connectivity index (χ1) is 14.4. The Morgan fingerprint density at radius 1 is 1.03 bits per heavy atom. The van der Waals surface area contributed by atoms with Crippen LogP contribution in [0.15, 0.2) is 72.1 Å². The fourth-order valence-electron chi connectivity index (χ4n) is 3.49. The highest BCUT2D eigenvalue weighted by molar-refractivity contribution is 7.89. The van der Waals surface area contributed by atoms with Gasteiger partial charge in [0.25, 0.3) is 0 Å². The van der Waals surface area contributed by atoms with Crippen LogP contribution in [0.2, 0.25) is 5.02 Å². The van der Waals surface area contributed by atoms with Gasteiger partial charge in [-0.15, -0.1) is 0 Å². The third kappa shape index (κ3) is 4.40. The van der Waals surface area contributed by atoms with Gasteiger partial charge >= 0.3 is 0 Å². The Bertz CT molecular complexity index is 1110. The second-order valence-electron chi connectivity index (χ2n) is 7.14. The number of sulfonamides is 1. The maximum atomic E-state index is 12.8. The molecule has 3 aromatic rings. The number of carbonyl (C=O) groups is 1. The molecule has 0 aliphatic carbocycles. The molecule has 1 saturated heterocycles. The van der Waals surface area contributed by atoms with Gasteiger partial charge in [0.15, 0.2) is 0 Å². The number of halogens is 1. The van der Waals surface area contributed by atoms with Gasteiger partial charge in [-0.1, -0.05) is 11.6 Å². The van der Waals surface area contributed by atoms with Crippen LogP contribution in [-0.2, 0) is 14.8 Å². The van der Waals surface area contributed by atoms with Crippen molar-refractivity contribution >= 4 is 33.2 Å². The second kappa shape index (κ2) is 8.59. The van der Waals surface area contributed by atoms with E-state index in [1.807, 2.05) is 35.0 Å². The predicted octanol–water partition coefficient (Wildman–Crippen LogP) is 3.57. The number of hydrogen-bond donors (Lipinski definition) is 1. The smallest absolute Gasteiger partial charge is 0.243 e. The lowest BCUT2D eigenvalue weighted by Crippen LogP contribution is -2.41. The third-order valence-corrected chi connectivity index (χ3v) is 7.38. The summed E-state index contributed by atoms with van der Waals surface area (Å²) >= 11 is 5.85. The van der Waals surface area contributed by atoms with Crippen LogP contribution in [0.1, 0.15) is 12.8 Å². The molecule has 1 aromatic heterocycles. The van der Waals surface area contributed by atoms with Gasteiger partial charge in [0.1, 0.15) is 0 Å². The molecule has 156 valence electrons. The van der Waals surface area contributed by atoms with Gasteiger partial charge in [-0.25, -0.2) is 13.4 Å². The molecule has 1 amide bonds. The fraction of sp³-hybridized carbons (Fsp3) is 0.238. The van der Waals surface area contributed by atoms with Gasteiger partial charge in [0.05, 0.1) is 11.2 Å². The van der Waals surface area contributed by atoms with Crippen molar-refractivity contribution in [3.8, 4) is 5.69 Å². The summed E-state index contributed by atoms with van der Waals surface area (Å²) in [6.07, 6.45) is 6.21. The highest BCUT2D eigenvalue weighted by Gasteiger charge is 2.32. The van der Waals surface area contributed by atoms with Crippen molar-refractivity contribution in [3.63, 3.8) is 0 Å². The van der Waals surface area contributed by atoms with E-state index in [4.69, 9.17) is 11.6 Å². The summed E-state index contributed by atoms with van der Waals surface area (Å²) in [5.41, 5.74) is 1.66. The quantitative estimate of drug-likeness (QED) is 0.652. The first-order valence-electron chi connectivity index (χ1n) is 9.58. The van der Waals surface area contributed by atoms with Crippen molar-refractivity contribution < 1.29 is 13.2 Å². The normalized spacial score (nSPS) is 15.8. The van der Waals surface area contributed by atoms with Crippen LogP contribution >= 0.6 is 11.6 Å². The molecule has 0 unspecified atom stereocenters. The van der Waals surface area contributed by atoms with E-state index in [1.54, 1.807) is 24.7 Å². The average molecular weight is 445 g/mol. The zero-order valence-electron chi connectivity index (χ0n) is 16.1. The molecule has 1 aliphatic rings. The topological polar surface area (TPSA) is 84.3 Å². The first kappa shape index (κ1) is 20.6. The molecule has 2 aromatic carbocycles. The number of piperidine rings is 1. The Morgan fingerprint density at radius 3 is 2.30 bits per heavy atom. The van der Waals surface area contributed by atoms with Gasteiger partial charge in [0.2, 0.25) is 15.9 Å². The minimum Gasteiger partial charge on any atom is -0.326 e. The minimum absolute atomic E-state index is 0.0890. The number of rotatable bonds is 5. The van der Waals surface area contributed by atoms with E-state index in [1.165, 1.54) is 16.4 Å². The number of amides is 1. The molecule has 9 heteroatoms. The van der Waals surface area contributed by atoms with E-state index in [0.717, 1.165) is 5.69 Å².